The van der Waals surface area contributed by atoms with Crippen molar-refractivity contribution in [1.82, 2.24) is 15.8 Å². The maximum Gasteiger partial charge on any atom is 0.410 e. The summed E-state index contributed by atoms with van der Waals surface area (Å²) in [5.41, 5.74) is 4.54. The fourth-order valence-electron chi connectivity index (χ4n) is 2.45. The molecule has 1 aromatic carbocycles. The molecule has 1 aliphatic heterocycles. The molecule has 8 heteroatoms. The van der Waals surface area contributed by atoms with Crippen molar-refractivity contribution in [2.24, 2.45) is 0 Å². The first-order valence-corrected chi connectivity index (χ1v) is 8.82. The van der Waals surface area contributed by atoms with Gasteiger partial charge in [-0.3, -0.25) is 25.3 Å². The first-order valence-electron chi connectivity index (χ1n) is 8.03. The number of ether oxygens (including phenoxy) is 1. The first-order chi connectivity index (χ1) is 11.7. The van der Waals surface area contributed by atoms with Gasteiger partial charge in [-0.25, -0.2) is 4.79 Å². The van der Waals surface area contributed by atoms with E-state index in [2.05, 4.69) is 26.8 Å². The van der Waals surface area contributed by atoms with Crippen LogP contribution in [0.2, 0.25) is 0 Å². The lowest BCUT2D eigenvalue weighted by molar-refractivity contribution is -0.126. The molecule has 1 aliphatic rings. The van der Waals surface area contributed by atoms with Gasteiger partial charge in [-0.15, -0.1) is 0 Å². The number of halogens is 1. The average Bonchev–Trinajstić information content (AvgIpc) is 3.01. The van der Waals surface area contributed by atoms with Crippen molar-refractivity contribution in [2.45, 2.75) is 45.3 Å². The molecule has 25 heavy (non-hydrogen) atoms. The minimum Gasteiger partial charge on any atom is -0.444 e. The van der Waals surface area contributed by atoms with E-state index in [4.69, 9.17) is 4.74 Å². The summed E-state index contributed by atoms with van der Waals surface area (Å²) in [7, 11) is 0. The number of hydrogen-bond acceptors (Lipinski definition) is 4. The molecule has 1 atom stereocenters. The minimum absolute atomic E-state index is 0.416. The Morgan fingerprint density at radius 2 is 1.80 bits per heavy atom. The molecule has 1 unspecified atom stereocenters. The van der Waals surface area contributed by atoms with Gasteiger partial charge < -0.3 is 4.74 Å². The lowest BCUT2D eigenvalue weighted by Gasteiger charge is -2.28. The number of carbonyl (C=O) groups excluding carboxylic acids is 3. The number of benzene rings is 1. The highest BCUT2D eigenvalue weighted by Gasteiger charge is 2.36. The molecule has 2 N–H and O–H groups in total. The molecule has 1 fully saturated rings. The van der Waals surface area contributed by atoms with Crippen LogP contribution >= 0.6 is 15.9 Å². The van der Waals surface area contributed by atoms with E-state index in [0.717, 1.165) is 4.47 Å². The third-order valence-corrected chi connectivity index (χ3v) is 4.12. The molecule has 0 bridgehead atoms. The van der Waals surface area contributed by atoms with Crippen molar-refractivity contribution in [3.63, 3.8) is 0 Å². The number of nitrogens with zero attached hydrogens (tertiary/aromatic N) is 1. The minimum atomic E-state index is -0.653. The number of nitrogens with one attached hydrogen (secondary N) is 2. The zero-order chi connectivity index (χ0) is 18.6. The number of likely N-dealkylation sites (tertiary alicyclic amines) is 1. The zero-order valence-corrected chi connectivity index (χ0v) is 16.1. The van der Waals surface area contributed by atoms with Gasteiger partial charge in [-0.1, -0.05) is 15.9 Å². The van der Waals surface area contributed by atoms with E-state index in [-0.39, 0.29) is 0 Å². The lowest BCUT2D eigenvalue weighted by atomic mass is 10.2. The third kappa shape index (κ3) is 5.45. The van der Waals surface area contributed by atoms with E-state index in [1.165, 1.54) is 4.90 Å². The quantitative estimate of drug-likeness (QED) is 0.732. The van der Waals surface area contributed by atoms with Crippen molar-refractivity contribution in [1.29, 1.82) is 0 Å². The van der Waals surface area contributed by atoms with E-state index in [1.807, 2.05) is 0 Å². The molecule has 0 aromatic heterocycles. The summed E-state index contributed by atoms with van der Waals surface area (Å²) >= 11 is 3.29. The molecular formula is C17H22BrN3O4. The number of hydrazine groups is 1. The van der Waals surface area contributed by atoms with Crippen LogP contribution in [-0.2, 0) is 9.53 Å². The van der Waals surface area contributed by atoms with Crippen LogP contribution in [0, 0.1) is 0 Å². The molecule has 1 heterocycles. The van der Waals surface area contributed by atoms with E-state index in [9.17, 15) is 14.4 Å². The Hall–Kier alpha value is -2.09. The second kappa shape index (κ2) is 7.86. The molecule has 3 amide bonds. The Morgan fingerprint density at radius 1 is 1.16 bits per heavy atom. The summed E-state index contributed by atoms with van der Waals surface area (Å²) < 4.78 is 6.18. The predicted octanol–water partition coefficient (Wildman–Crippen LogP) is 2.61. The van der Waals surface area contributed by atoms with Gasteiger partial charge in [0.1, 0.15) is 11.6 Å². The van der Waals surface area contributed by atoms with Crippen LogP contribution in [0.25, 0.3) is 0 Å². The third-order valence-electron chi connectivity index (χ3n) is 3.59. The van der Waals surface area contributed by atoms with E-state index < -0.39 is 29.6 Å². The fourth-order valence-corrected chi connectivity index (χ4v) is 2.72. The average molecular weight is 412 g/mol. The van der Waals surface area contributed by atoms with Crippen LogP contribution in [-0.4, -0.2) is 41.0 Å². The van der Waals surface area contributed by atoms with Crippen LogP contribution in [0.3, 0.4) is 0 Å². The van der Waals surface area contributed by atoms with Gasteiger partial charge in [0, 0.05) is 16.6 Å². The van der Waals surface area contributed by atoms with Gasteiger partial charge in [-0.2, -0.15) is 0 Å². The van der Waals surface area contributed by atoms with Crippen LogP contribution in [0.15, 0.2) is 28.7 Å². The molecule has 1 saturated heterocycles. The molecule has 7 nitrogen and oxygen atoms in total. The monoisotopic (exact) mass is 411 g/mol. The van der Waals surface area contributed by atoms with Crippen LogP contribution in [0.4, 0.5) is 4.79 Å². The summed E-state index contributed by atoms with van der Waals surface area (Å²) in [6.07, 6.45) is 0.710. The van der Waals surface area contributed by atoms with Gasteiger partial charge in [0.15, 0.2) is 0 Å². The largest absolute Gasteiger partial charge is 0.444 e. The van der Waals surface area contributed by atoms with Crippen LogP contribution in [0.1, 0.15) is 44.0 Å². The summed E-state index contributed by atoms with van der Waals surface area (Å²) in [4.78, 5) is 38.0. The number of rotatable bonds is 2. The Bertz CT molecular complexity index is 655. The zero-order valence-electron chi connectivity index (χ0n) is 14.5. The summed E-state index contributed by atoms with van der Waals surface area (Å²) in [6, 6.07) is 6.08. The van der Waals surface area contributed by atoms with Gasteiger partial charge in [-0.05, 0) is 57.9 Å². The molecule has 0 radical (unpaired) electrons. The van der Waals surface area contributed by atoms with E-state index in [0.29, 0.717) is 24.9 Å². The van der Waals surface area contributed by atoms with Crippen molar-refractivity contribution < 1.29 is 19.1 Å². The Labute approximate surface area is 155 Å². The smallest absolute Gasteiger partial charge is 0.410 e. The van der Waals surface area contributed by atoms with Crippen LogP contribution in [0.5, 0.6) is 0 Å². The lowest BCUT2D eigenvalue weighted by Crippen LogP contribution is -2.52. The topological polar surface area (TPSA) is 87.7 Å². The molecule has 2 rings (SSSR count). The van der Waals surface area contributed by atoms with Gasteiger partial charge >= 0.3 is 6.09 Å². The molecular weight excluding hydrogens is 390 g/mol. The van der Waals surface area contributed by atoms with Crippen molar-refractivity contribution >= 4 is 33.8 Å². The van der Waals surface area contributed by atoms with Gasteiger partial charge in [0.05, 0.1) is 0 Å². The van der Waals surface area contributed by atoms with Crippen molar-refractivity contribution in [2.75, 3.05) is 6.54 Å². The maximum atomic E-state index is 12.3. The second-order valence-corrected chi connectivity index (χ2v) is 7.70. The molecule has 136 valence electrons. The maximum absolute atomic E-state index is 12.3. The van der Waals surface area contributed by atoms with Gasteiger partial charge in [0.2, 0.25) is 0 Å². The second-order valence-electron chi connectivity index (χ2n) is 6.78. The summed E-state index contributed by atoms with van der Waals surface area (Å²) in [5, 5.41) is 0. The van der Waals surface area contributed by atoms with Gasteiger partial charge in [0.25, 0.3) is 11.8 Å². The number of hydrogen-bond donors (Lipinski definition) is 2. The molecule has 0 aliphatic carbocycles. The highest BCUT2D eigenvalue weighted by Crippen LogP contribution is 2.20. The van der Waals surface area contributed by atoms with Crippen molar-refractivity contribution in [3.05, 3.63) is 34.3 Å². The SMILES string of the molecule is CC(C)(C)OC(=O)N1CCCC1C(=O)NNC(=O)c1ccc(Br)cc1. The normalized spacial score (nSPS) is 17.1. The Morgan fingerprint density at radius 3 is 2.40 bits per heavy atom. The predicted molar refractivity (Wildman–Crippen MR) is 95.7 cm³/mol. The highest BCUT2D eigenvalue weighted by molar-refractivity contribution is 9.10. The summed E-state index contributed by atoms with van der Waals surface area (Å²) in [6.45, 7) is 5.77. The molecule has 0 saturated carbocycles. The Kier molecular flexibility index (Phi) is 6.05. The van der Waals surface area contributed by atoms with E-state index >= 15 is 0 Å². The fraction of sp³-hybridized carbons (Fsp3) is 0.471. The number of carbonyl (C=O) groups is 3. The van der Waals surface area contributed by atoms with Crippen molar-refractivity contribution in [3.8, 4) is 0 Å². The van der Waals surface area contributed by atoms with Crippen LogP contribution < -0.4 is 10.9 Å². The number of amides is 3. The Balaban J connectivity index is 1.92. The molecule has 0 spiro atoms. The van der Waals surface area contributed by atoms with E-state index in [1.54, 1.807) is 45.0 Å². The first kappa shape index (κ1) is 19.2. The summed E-state index contributed by atoms with van der Waals surface area (Å²) in [5.74, 6) is -0.864. The highest BCUT2D eigenvalue weighted by atomic mass is 79.9. The molecule has 1 aromatic rings. The standard InChI is InChI=1S/C17H22BrN3O4/c1-17(2,3)25-16(24)21-10-4-5-13(21)15(23)20-19-14(22)11-6-8-12(18)9-7-11/h6-9,13H,4-5,10H2,1-3H3,(H,19,22)(H,20,23).